The van der Waals surface area contributed by atoms with E-state index in [9.17, 15) is 4.79 Å². The minimum Gasteiger partial charge on any atom is -0.493 e. The van der Waals surface area contributed by atoms with Crippen LogP contribution in [0.2, 0.25) is 0 Å². The molecular weight excluding hydrogens is 356 g/mol. The Balaban J connectivity index is 2.02. The summed E-state index contributed by atoms with van der Waals surface area (Å²) in [4.78, 5) is 18.6. The number of methoxy groups -OCH3 is 2. The first-order chi connectivity index (χ1) is 13.4. The molecule has 1 aromatic rings. The summed E-state index contributed by atoms with van der Waals surface area (Å²) in [6, 6.07) is 5.97. The van der Waals surface area contributed by atoms with Crippen LogP contribution in [0.5, 0.6) is 11.5 Å². The number of likely N-dealkylation sites (tertiary alicyclic amines) is 1. The molecule has 0 aromatic heterocycles. The maximum atomic E-state index is 12.2. The largest absolute Gasteiger partial charge is 0.493 e. The number of hydrogen-bond donors (Lipinski definition) is 2. The molecule has 1 aromatic carbocycles. The average Bonchev–Trinajstić information content (AvgIpc) is 3.24. The molecule has 0 bridgehead atoms. The zero-order valence-corrected chi connectivity index (χ0v) is 17.8. The molecule has 28 heavy (non-hydrogen) atoms. The molecular formula is C21H34N4O3. The molecule has 0 unspecified atom stereocenters. The lowest BCUT2D eigenvalue weighted by Gasteiger charge is -2.27. The molecule has 0 atom stereocenters. The predicted molar refractivity (Wildman–Crippen MR) is 112 cm³/mol. The highest BCUT2D eigenvalue weighted by atomic mass is 16.5. The Morgan fingerprint density at radius 1 is 1.14 bits per heavy atom. The smallest absolute Gasteiger partial charge is 0.244 e. The van der Waals surface area contributed by atoms with Gasteiger partial charge >= 0.3 is 0 Å². The number of amides is 1. The Hall–Kier alpha value is -2.44. The number of nitrogens with one attached hydrogen (secondary N) is 2. The van der Waals surface area contributed by atoms with Crippen molar-refractivity contribution in [2.45, 2.75) is 39.0 Å². The van der Waals surface area contributed by atoms with E-state index in [2.05, 4.69) is 29.5 Å². The van der Waals surface area contributed by atoms with Crippen LogP contribution in [0.25, 0.3) is 0 Å². The number of aliphatic imine (C=N–C) groups is 1. The highest BCUT2D eigenvalue weighted by Crippen LogP contribution is 2.32. The number of carbonyl (C=O) groups is 1. The maximum Gasteiger partial charge on any atom is 0.244 e. The van der Waals surface area contributed by atoms with Gasteiger partial charge in [-0.1, -0.05) is 19.9 Å². The summed E-state index contributed by atoms with van der Waals surface area (Å²) >= 11 is 0. The maximum absolute atomic E-state index is 12.2. The van der Waals surface area contributed by atoms with Crippen molar-refractivity contribution in [2.24, 2.45) is 4.99 Å². The number of benzene rings is 1. The number of nitrogens with zero attached hydrogens (tertiary/aromatic N) is 2. The summed E-state index contributed by atoms with van der Waals surface area (Å²) in [5, 5.41) is 6.58. The van der Waals surface area contributed by atoms with E-state index in [-0.39, 0.29) is 17.9 Å². The summed E-state index contributed by atoms with van der Waals surface area (Å²) in [7, 11) is 3.27. The van der Waals surface area contributed by atoms with Crippen LogP contribution in [0.4, 0.5) is 0 Å². The SMILES string of the molecule is CCNC(=NCC(=O)N1CCCC1)NCC(C)(C)c1ccc(OC)c(OC)c1. The van der Waals surface area contributed by atoms with Crippen LogP contribution in [-0.2, 0) is 10.2 Å². The van der Waals surface area contributed by atoms with Gasteiger partial charge < -0.3 is 25.0 Å². The molecule has 1 heterocycles. The van der Waals surface area contributed by atoms with Crippen molar-refractivity contribution < 1.29 is 14.3 Å². The van der Waals surface area contributed by atoms with Crippen molar-refractivity contribution in [1.82, 2.24) is 15.5 Å². The second kappa shape index (κ2) is 10.2. The van der Waals surface area contributed by atoms with Gasteiger partial charge in [-0.3, -0.25) is 4.79 Å². The number of hydrogen-bond acceptors (Lipinski definition) is 4. The average molecular weight is 391 g/mol. The topological polar surface area (TPSA) is 75.2 Å². The summed E-state index contributed by atoms with van der Waals surface area (Å²) < 4.78 is 10.8. The fraction of sp³-hybridized carbons (Fsp3) is 0.619. The van der Waals surface area contributed by atoms with Gasteiger partial charge in [0, 0.05) is 31.6 Å². The Labute approximate surface area is 168 Å². The number of ether oxygens (including phenoxy) is 2. The molecule has 1 saturated heterocycles. The minimum atomic E-state index is -0.172. The van der Waals surface area contributed by atoms with Crippen molar-refractivity contribution in [3.63, 3.8) is 0 Å². The van der Waals surface area contributed by atoms with Gasteiger partial charge in [0.15, 0.2) is 17.5 Å². The van der Waals surface area contributed by atoms with Gasteiger partial charge in [-0.25, -0.2) is 4.99 Å². The van der Waals surface area contributed by atoms with Crippen LogP contribution in [0, 0.1) is 0 Å². The second-order valence-electron chi connectivity index (χ2n) is 7.59. The van der Waals surface area contributed by atoms with E-state index in [1.54, 1.807) is 14.2 Å². The van der Waals surface area contributed by atoms with E-state index in [0.29, 0.717) is 24.0 Å². The van der Waals surface area contributed by atoms with E-state index in [0.717, 1.165) is 38.0 Å². The summed E-state index contributed by atoms with van der Waals surface area (Å²) in [6.45, 7) is 9.59. The quantitative estimate of drug-likeness (QED) is 0.526. The number of guanidine groups is 1. The lowest BCUT2D eigenvalue weighted by molar-refractivity contribution is -0.128. The summed E-state index contributed by atoms with van der Waals surface area (Å²) in [5.41, 5.74) is 0.955. The highest BCUT2D eigenvalue weighted by molar-refractivity contribution is 5.85. The van der Waals surface area contributed by atoms with Crippen molar-refractivity contribution in [1.29, 1.82) is 0 Å². The molecule has 2 N–H and O–H groups in total. The van der Waals surface area contributed by atoms with Gasteiger partial charge in [0.05, 0.1) is 14.2 Å². The lowest BCUT2D eigenvalue weighted by atomic mass is 9.84. The lowest BCUT2D eigenvalue weighted by Crippen LogP contribution is -2.44. The van der Waals surface area contributed by atoms with Crippen LogP contribution in [0.3, 0.4) is 0 Å². The molecule has 2 rings (SSSR count). The van der Waals surface area contributed by atoms with Crippen LogP contribution < -0.4 is 20.1 Å². The third kappa shape index (κ3) is 5.78. The van der Waals surface area contributed by atoms with E-state index < -0.39 is 0 Å². The molecule has 0 saturated carbocycles. The molecule has 0 spiro atoms. The summed E-state index contributed by atoms with van der Waals surface area (Å²) in [5.74, 6) is 2.17. The molecule has 1 fully saturated rings. The standard InChI is InChI=1S/C21H34N4O3/c1-6-22-20(23-14-19(26)25-11-7-8-12-25)24-15-21(2,3)16-9-10-17(27-4)18(13-16)28-5/h9-10,13H,6-8,11-12,14-15H2,1-5H3,(H2,22,23,24). The van der Waals surface area contributed by atoms with E-state index >= 15 is 0 Å². The Morgan fingerprint density at radius 2 is 1.82 bits per heavy atom. The number of carbonyl (C=O) groups excluding carboxylic acids is 1. The van der Waals surface area contributed by atoms with Gasteiger partial charge in [-0.05, 0) is 37.5 Å². The highest BCUT2D eigenvalue weighted by Gasteiger charge is 2.23. The zero-order valence-electron chi connectivity index (χ0n) is 17.8. The fourth-order valence-electron chi connectivity index (χ4n) is 3.22. The monoisotopic (exact) mass is 390 g/mol. The first kappa shape index (κ1) is 21.9. The molecule has 7 heteroatoms. The van der Waals surface area contributed by atoms with Gasteiger partial charge in [-0.2, -0.15) is 0 Å². The first-order valence-electron chi connectivity index (χ1n) is 9.93. The normalized spacial score (nSPS) is 14.8. The third-order valence-electron chi connectivity index (χ3n) is 5.04. The van der Waals surface area contributed by atoms with Crippen LogP contribution >= 0.6 is 0 Å². The Kier molecular flexibility index (Phi) is 7.96. The van der Waals surface area contributed by atoms with Gasteiger partial charge in [0.1, 0.15) is 6.54 Å². The molecule has 1 aliphatic heterocycles. The molecule has 0 radical (unpaired) electrons. The zero-order chi connectivity index (χ0) is 20.6. The third-order valence-corrected chi connectivity index (χ3v) is 5.04. The fourth-order valence-corrected chi connectivity index (χ4v) is 3.22. The van der Waals surface area contributed by atoms with Crippen molar-refractivity contribution >= 4 is 11.9 Å². The Morgan fingerprint density at radius 3 is 2.43 bits per heavy atom. The molecule has 1 aliphatic rings. The minimum absolute atomic E-state index is 0.0915. The molecule has 156 valence electrons. The van der Waals surface area contributed by atoms with E-state index in [1.807, 2.05) is 30.0 Å². The van der Waals surface area contributed by atoms with E-state index in [4.69, 9.17) is 9.47 Å². The summed E-state index contributed by atoms with van der Waals surface area (Å²) in [6.07, 6.45) is 2.18. The molecule has 7 nitrogen and oxygen atoms in total. The van der Waals surface area contributed by atoms with Gasteiger partial charge in [0.25, 0.3) is 0 Å². The van der Waals surface area contributed by atoms with Crippen LogP contribution in [0.1, 0.15) is 39.2 Å². The Bertz CT molecular complexity index is 682. The second-order valence-corrected chi connectivity index (χ2v) is 7.59. The van der Waals surface area contributed by atoms with Crippen LogP contribution in [0.15, 0.2) is 23.2 Å². The van der Waals surface area contributed by atoms with Crippen molar-refractivity contribution in [3.8, 4) is 11.5 Å². The van der Waals surface area contributed by atoms with Crippen LogP contribution in [-0.4, -0.2) is 63.7 Å². The number of rotatable bonds is 8. The molecule has 1 amide bonds. The first-order valence-corrected chi connectivity index (χ1v) is 9.93. The van der Waals surface area contributed by atoms with Crippen molar-refractivity contribution in [3.05, 3.63) is 23.8 Å². The van der Waals surface area contributed by atoms with E-state index in [1.165, 1.54) is 0 Å². The van der Waals surface area contributed by atoms with Crippen molar-refractivity contribution in [2.75, 3.05) is 46.9 Å². The predicted octanol–water partition coefficient (Wildman–Crippen LogP) is 2.16. The van der Waals surface area contributed by atoms with Gasteiger partial charge in [-0.15, -0.1) is 0 Å². The van der Waals surface area contributed by atoms with Gasteiger partial charge in [0.2, 0.25) is 5.91 Å². The molecule has 0 aliphatic carbocycles.